The van der Waals surface area contributed by atoms with Crippen molar-refractivity contribution in [3.63, 3.8) is 0 Å². The molecule has 0 radical (unpaired) electrons. The fourth-order valence-electron chi connectivity index (χ4n) is 0.867. The molecule has 0 atom stereocenters. The summed E-state index contributed by atoms with van der Waals surface area (Å²) >= 11 is 3.32. The van der Waals surface area contributed by atoms with E-state index in [1.165, 1.54) is 6.20 Å². The molecule has 0 heterocycles. The Kier molecular flexibility index (Phi) is 3.71. The van der Waals surface area contributed by atoms with Crippen LogP contribution in [0.2, 0.25) is 0 Å². The fourth-order valence-corrected chi connectivity index (χ4v) is 1.27. The van der Waals surface area contributed by atoms with E-state index in [4.69, 9.17) is 0 Å². The van der Waals surface area contributed by atoms with Crippen molar-refractivity contribution in [3.8, 4) is 0 Å². The van der Waals surface area contributed by atoms with Gasteiger partial charge in [-0.25, -0.2) is 0 Å². The van der Waals surface area contributed by atoms with Gasteiger partial charge >= 0.3 is 0 Å². The summed E-state index contributed by atoms with van der Waals surface area (Å²) in [4.78, 5) is 3.83. The van der Waals surface area contributed by atoms with Gasteiger partial charge < -0.3 is 5.11 Å². The molecule has 0 saturated carbocycles. The van der Waals surface area contributed by atoms with Gasteiger partial charge in [0.1, 0.15) is 5.76 Å². The molecule has 0 spiro atoms. The molecule has 0 amide bonds. The van der Waals surface area contributed by atoms with E-state index in [0.29, 0.717) is 0 Å². The van der Waals surface area contributed by atoms with Crippen molar-refractivity contribution in [1.29, 1.82) is 0 Å². The second-order valence-electron chi connectivity index (χ2n) is 2.43. The Labute approximate surface area is 85.8 Å². The number of nitrogens with zero attached hydrogens (tertiary/aromatic N) is 1. The summed E-state index contributed by atoms with van der Waals surface area (Å²) in [5, 5.41) is 9.50. The lowest BCUT2D eigenvalue weighted by molar-refractivity contribution is 0.510. The van der Waals surface area contributed by atoms with Crippen LogP contribution in [-0.2, 0) is 0 Å². The van der Waals surface area contributed by atoms with Crippen LogP contribution < -0.4 is 0 Å². The van der Waals surface area contributed by atoms with Crippen LogP contribution in [0.15, 0.2) is 39.9 Å². The lowest BCUT2D eigenvalue weighted by Gasteiger charge is -1.98. The van der Waals surface area contributed by atoms with Crippen molar-refractivity contribution in [3.05, 3.63) is 40.5 Å². The smallest absolute Gasteiger partial charge is 0.141 e. The molecule has 1 rings (SSSR count). The van der Waals surface area contributed by atoms with Gasteiger partial charge in [0.25, 0.3) is 0 Å². The van der Waals surface area contributed by atoms with Crippen LogP contribution in [0, 0.1) is 0 Å². The van der Waals surface area contributed by atoms with Crippen LogP contribution in [0.25, 0.3) is 5.76 Å². The lowest BCUT2D eigenvalue weighted by atomic mass is 10.2. The van der Waals surface area contributed by atoms with Gasteiger partial charge in [0.05, 0.1) is 6.20 Å². The van der Waals surface area contributed by atoms with Crippen LogP contribution in [0.3, 0.4) is 0 Å². The Bertz CT molecular complexity index is 345. The van der Waals surface area contributed by atoms with Crippen molar-refractivity contribution in [2.75, 3.05) is 0 Å². The second kappa shape index (κ2) is 4.82. The molecule has 0 saturated heterocycles. The zero-order chi connectivity index (χ0) is 9.68. The summed E-state index contributed by atoms with van der Waals surface area (Å²) in [6, 6.07) is 7.41. The first-order valence-corrected chi connectivity index (χ1v) is 4.66. The predicted octanol–water partition coefficient (Wildman–Crippen LogP) is 3.40. The Morgan fingerprint density at radius 2 is 2.31 bits per heavy atom. The molecular weight excluding hydrogens is 230 g/mol. The maximum absolute atomic E-state index is 9.50. The van der Waals surface area contributed by atoms with E-state index in [-0.39, 0.29) is 5.76 Å². The van der Waals surface area contributed by atoms with Gasteiger partial charge in [-0.2, -0.15) is 0 Å². The van der Waals surface area contributed by atoms with E-state index >= 15 is 0 Å². The molecule has 0 aromatic heterocycles. The predicted molar refractivity (Wildman–Crippen MR) is 58.9 cm³/mol. The summed E-state index contributed by atoms with van der Waals surface area (Å²) < 4.78 is 0.936. The van der Waals surface area contributed by atoms with Gasteiger partial charge in [-0.1, -0.05) is 28.1 Å². The molecule has 0 aliphatic rings. The topological polar surface area (TPSA) is 32.6 Å². The Morgan fingerprint density at radius 1 is 1.54 bits per heavy atom. The summed E-state index contributed by atoms with van der Waals surface area (Å²) in [6.07, 6.45) is 3.04. The van der Waals surface area contributed by atoms with Crippen molar-refractivity contribution < 1.29 is 5.11 Å². The summed E-state index contributed by atoms with van der Waals surface area (Å²) in [6.45, 7) is 1.80. The first-order valence-electron chi connectivity index (χ1n) is 3.87. The third-order valence-electron chi connectivity index (χ3n) is 1.47. The average Bonchev–Trinajstić information content (AvgIpc) is 2.14. The minimum atomic E-state index is 0.166. The van der Waals surface area contributed by atoms with Gasteiger partial charge in [-0.15, -0.1) is 0 Å². The molecule has 68 valence electrons. The number of hydrogen-bond acceptors (Lipinski definition) is 2. The zero-order valence-electron chi connectivity index (χ0n) is 7.24. The Morgan fingerprint density at radius 3 is 2.92 bits per heavy atom. The molecule has 3 heteroatoms. The van der Waals surface area contributed by atoms with Crippen LogP contribution >= 0.6 is 15.9 Å². The molecule has 13 heavy (non-hydrogen) atoms. The average molecular weight is 240 g/mol. The number of rotatable bonds is 2. The summed E-state index contributed by atoms with van der Waals surface area (Å²) in [5.74, 6) is 0.166. The van der Waals surface area contributed by atoms with Gasteiger partial charge in [-0.05, 0) is 19.1 Å². The Hall–Kier alpha value is -1.09. The highest BCUT2D eigenvalue weighted by Gasteiger charge is 1.97. The highest BCUT2D eigenvalue weighted by atomic mass is 79.9. The first kappa shape index (κ1) is 9.99. The van der Waals surface area contributed by atoms with Crippen LogP contribution in [0.5, 0.6) is 0 Å². The molecule has 1 N–H and O–H groups in total. The lowest BCUT2D eigenvalue weighted by Crippen LogP contribution is -1.81. The number of aliphatic imine (C=N–C) groups is 1. The number of halogens is 1. The third kappa shape index (κ3) is 3.03. The standard InChI is InChI=1S/C10H10BrNO/c1-2-12-7-10(13)8-4-3-5-9(11)6-8/h2-7,13H,1H3/b10-7-,12-2-. The van der Waals surface area contributed by atoms with Crippen molar-refractivity contribution in [1.82, 2.24) is 0 Å². The molecule has 0 bridgehead atoms. The number of aliphatic hydroxyl groups excluding tert-OH is 1. The quantitative estimate of drug-likeness (QED) is 0.623. The van der Waals surface area contributed by atoms with Crippen LogP contribution in [-0.4, -0.2) is 11.3 Å². The second-order valence-corrected chi connectivity index (χ2v) is 3.35. The van der Waals surface area contributed by atoms with Crippen LogP contribution in [0.4, 0.5) is 0 Å². The summed E-state index contributed by atoms with van der Waals surface area (Å²) in [7, 11) is 0. The largest absolute Gasteiger partial charge is 0.506 e. The fraction of sp³-hybridized carbons (Fsp3) is 0.100. The SMILES string of the molecule is C/C=N\C=C(/O)c1cccc(Br)c1. The van der Waals surface area contributed by atoms with E-state index in [2.05, 4.69) is 20.9 Å². The molecule has 1 aromatic carbocycles. The third-order valence-corrected chi connectivity index (χ3v) is 1.96. The highest BCUT2D eigenvalue weighted by Crippen LogP contribution is 2.16. The number of benzene rings is 1. The van der Waals surface area contributed by atoms with E-state index in [1.54, 1.807) is 13.1 Å². The molecule has 2 nitrogen and oxygen atoms in total. The maximum Gasteiger partial charge on any atom is 0.141 e. The van der Waals surface area contributed by atoms with Gasteiger partial charge in [-0.3, -0.25) is 4.99 Å². The maximum atomic E-state index is 9.50. The molecule has 0 aliphatic heterocycles. The highest BCUT2D eigenvalue weighted by molar-refractivity contribution is 9.10. The monoisotopic (exact) mass is 239 g/mol. The zero-order valence-corrected chi connectivity index (χ0v) is 8.82. The summed E-state index contributed by atoms with van der Waals surface area (Å²) in [5.41, 5.74) is 0.750. The van der Waals surface area contributed by atoms with Gasteiger partial charge in [0.2, 0.25) is 0 Å². The molecule has 0 fully saturated rings. The number of hydrogen-bond donors (Lipinski definition) is 1. The van der Waals surface area contributed by atoms with E-state index in [0.717, 1.165) is 10.0 Å². The first-order chi connectivity index (χ1) is 6.24. The van der Waals surface area contributed by atoms with E-state index in [1.807, 2.05) is 24.3 Å². The minimum Gasteiger partial charge on any atom is -0.506 e. The van der Waals surface area contributed by atoms with Crippen molar-refractivity contribution in [2.24, 2.45) is 4.99 Å². The van der Waals surface area contributed by atoms with Crippen molar-refractivity contribution >= 4 is 27.9 Å². The minimum absolute atomic E-state index is 0.166. The molecule has 1 aromatic rings. The molecular formula is C10H10BrNO. The van der Waals surface area contributed by atoms with E-state index < -0.39 is 0 Å². The number of aliphatic hydroxyl groups is 1. The van der Waals surface area contributed by atoms with Gasteiger partial charge in [0.15, 0.2) is 0 Å². The molecule has 0 aliphatic carbocycles. The molecule has 0 unspecified atom stereocenters. The van der Waals surface area contributed by atoms with Gasteiger partial charge in [0, 0.05) is 16.3 Å². The van der Waals surface area contributed by atoms with Crippen LogP contribution in [0.1, 0.15) is 12.5 Å². The van der Waals surface area contributed by atoms with E-state index in [9.17, 15) is 5.11 Å². The van der Waals surface area contributed by atoms with Crippen molar-refractivity contribution in [2.45, 2.75) is 6.92 Å². The normalized spacial score (nSPS) is 12.3. The Balaban J connectivity index is 2.94.